The first-order chi connectivity index (χ1) is 7.06. The summed E-state index contributed by atoms with van der Waals surface area (Å²) in [6, 6.07) is 0. The van der Waals surface area contributed by atoms with E-state index in [0.29, 0.717) is 10.8 Å². The second-order valence-electron chi connectivity index (χ2n) is 6.86. The highest BCUT2D eigenvalue weighted by Gasteiger charge is 2.45. The highest BCUT2D eigenvalue weighted by Crippen LogP contribution is 2.56. The second kappa shape index (κ2) is 4.11. The maximum absolute atomic E-state index is 2.59. The average Bonchev–Trinajstić information content (AvgIpc) is 2.24. The maximum Gasteiger partial charge on any atom is -0.0272 e. The van der Waals surface area contributed by atoms with Gasteiger partial charge in [-0.15, -0.1) is 0 Å². The highest BCUT2D eigenvalue weighted by atomic mass is 14.5. The van der Waals surface area contributed by atoms with Gasteiger partial charge in [0.15, 0.2) is 0 Å². The van der Waals surface area contributed by atoms with Crippen molar-refractivity contribution in [3.8, 4) is 0 Å². The van der Waals surface area contributed by atoms with Crippen molar-refractivity contribution in [1.29, 1.82) is 0 Å². The Kier molecular flexibility index (Phi) is 3.14. The monoisotopic (exact) mass is 208 g/mol. The minimum absolute atomic E-state index is 0.667. The summed E-state index contributed by atoms with van der Waals surface area (Å²) < 4.78 is 0. The molecular formula is C15H28. The molecular weight excluding hydrogens is 180 g/mol. The van der Waals surface area contributed by atoms with Crippen LogP contribution in [0, 0.1) is 16.7 Å². The predicted octanol–water partition coefficient (Wildman–Crippen LogP) is 5.17. The Labute approximate surface area is 95.8 Å². The summed E-state index contributed by atoms with van der Waals surface area (Å²) in [4.78, 5) is 0. The van der Waals surface area contributed by atoms with Crippen LogP contribution in [-0.4, -0.2) is 0 Å². The number of hydrogen-bond donors (Lipinski definition) is 0. The molecule has 0 atom stereocenters. The van der Waals surface area contributed by atoms with E-state index in [2.05, 4.69) is 20.8 Å². The van der Waals surface area contributed by atoms with Gasteiger partial charge in [-0.25, -0.2) is 0 Å². The number of hydrogen-bond acceptors (Lipinski definition) is 0. The van der Waals surface area contributed by atoms with Gasteiger partial charge in [-0.2, -0.15) is 0 Å². The molecule has 0 heterocycles. The summed E-state index contributed by atoms with van der Waals surface area (Å²) in [5.74, 6) is 0.991. The fraction of sp³-hybridized carbons (Fsp3) is 1.00. The highest BCUT2D eigenvalue weighted by molar-refractivity contribution is 4.96. The first-order valence-corrected chi connectivity index (χ1v) is 7.06. The van der Waals surface area contributed by atoms with E-state index < -0.39 is 0 Å². The molecule has 0 aliphatic heterocycles. The summed E-state index contributed by atoms with van der Waals surface area (Å²) in [5.41, 5.74) is 1.34. The fourth-order valence-electron chi connectivity index (χ4n) is 3.94. The topological polar surface area (TPSA) is 0 Å². The Morgan fingerprint density at radius 1 is 0.733 bits per heavy atom. The molecule has 0 aromatic heterocycles. The molecule has 88 valence electrons. The lowest BCUT2D eigenvalue weighted by molar-refractivity contribution is -0.0136. The molecule has 0 spiro atoms. The largest absolute Gasteiger partial charge is 0.0625 e. The van der Waals surface area contributed by atoms with Gasteiger partial charge < -0.3 is 0 Å². The van der Waals surface area contributed by atoms with Gasteiger partial charge in [0.25, 0.3) is 0 Å². The van der Waals surface area contributed by atoms with Gasteiger partial charge in [-0.1, -0.05) is 52.9 Å². The quantitative estimate of drug-likeness (QED) is 0.557. The van der Waals surface area contributed by atoms with Crippen molar-refractivity contribution < 1.29 is 0 Å². The van der Waals surface area contributed by atoms with Gasteiger partial charge in [-0.05, 0) is 42.4 Å². The Bertz CT molecular complexity index is 202. The molecule has 15 heavy (non-hydrogen) atoms. The molecule has 2 aliphatic carbocycles. The van der Waals surface area contributed by atoms with Crippen molar-refractivity contribution in [2.45, 2.75) is 78.6 Å². The van der Waals surface area contributed by atoms with Crippen LogP contribution in [0.2, 0.25) is 0 Å². The Hall–Kier alpha value is 0. The third-order valence-electron chi connectivity index (χ3n) is 5.79. The lowest BCUT2D eigenvalue weighted by atomic mass is 9.53. The zero-order valence-electron chi connectivity index (χ0n) is 10.9. The van der Waals surface area contributed by atoms with Gasteiger partial charge in [-0.3, -0.25) is 0 Å². The first-order valence-electron chi connectivity index (χ1n) is 7.06. The molecule has 0 unspecified atom stereocenters. The zero-order chi connectivity index (χ0) is 10.9. The van der Waals surface area contributed by atoms with Crippen molar-refractivity contribution in [2.75, 3.05) is 0 Å². The molecule has 2 rings (SSSR count). The van der Waals surface area contributed by atoms with Crippen LogP contribution in [0.15, 0.2) is 0 Å². The molecule has 0 N–H and O–H groups in total. The van der Waals surface area contributed by atoms with Crippen LogP contribution in [0.3, 0.4) is 0 Å². The van der Waals surface area contributed by atoms with Crippen molar-refractivity contribution in [3.63, 3.8) is 0 Å². The van der Waals surface area contributed by atoms with Gasteiger partial charge in [0.05, 0.1) is 0 Å². The second-order valence-corrected chi connectivity index (χ2v) is 6.86. The predicted molar refractivity (Wildman–Crippen MR) is 66.9 cm³/mol. The van der Waals surface area contributed by atoms with Crippen LogP contribution in [0.5, 0.6) is 0 Å². The molecule has 2 fully saturated rings. The van der Waals surface area contributed by atoms with E-state index in [9.17, 15) is 0 Å². The summed E-state index contributed by atoms with van der Waals surface area (Å²) >= 11 is 0. The average molecular weight is 208 g/mol. The van der Waals surface area contributed by atoms with Crippen LogP contribution >= 0.6 is 0 Å². The Morgan fingerprint density at radius 2 is 1.20 bits per heavy atom. The Morgan fingerprint density at radius 3 is 1.73 bits per heavy atom. The van der Waals surface area contributed by atoms with Crippen molar-refractivity contribution >= 4 is 0 Å². The lowest BCUT2D eigenvalue weighted by Gasteiger charge is -2.52. The van der Waals surface area contributed by atoms with Crippen molar-refractivity contribution in [3.05, 3.63) is 0 Å². The Balaban J connectivity index is 2.06. The van der Waals surface area contributed by atoms with Crippen LogP contribution in [0.4, 0.5) is 0 Å². The van der Waals surface area contributed by atoms with Crippen LogP contribution < -0.4 is 0 Å². The molecule has 0 radical (unpaired) electrons. The fourth-order valence-corrected chi connectivity index (χ4v) is 3.94. The van der Waals surface area contributed by atoms with Gasteiger partial charge >= 0.3 is 0 Å². The standard InChI is InChI=1S/C15H28/c1-13-7-11-15(3,12-8-13)14(2)9-5-4-6-10-14/h13H,4-12H2,1-3H3. The van der Waals surface area contributed by atoms with E-state index in [1.807, 2.05) is 0 Å². The normalized spacial score (nSPS) is 41.4. The molecule has 2 saturated carbocycles. The molecule has 0 amide bonds. The van der Waals surface area contributed by atoms with Crippen molar-refractivity contribution in [1.82, 2.24) is 0 Å². The van der Waals surface area contributed by atoms with Crippen LogP contribution in [-0.2, 0) is 0 Å². The van der Waals surface area contributed by atoms with E-state index in [1.165, 1.54) is 57.8 Å². The van der Waals surface area contributed by atoms with Gasteiger partial charge in [0.2, 0.25) is 0 Å². The zero-order valence-corrected chi connectivity index (χ0v) is 10.9. The van der Waals surface area contributed by atoms with E-state index in [0.717, 1.165) is 5.92 Å². The minimum atomic E-state index is 0.667. The van der Waals surface area contributed by atoms with Crippen LogP contribution in [0.1, 0.15) is 78.6 Å². The molecule has 0 bridgehead atoms. The lowest BCUT2D eigenvalue weighted by Crippen LogP contribution is -2.41. The number of rotatable bonds is 1. The van der Waals surface area contributed by atoms with E-state index in [-0.39, 0.29) is 0 Å². The SMILES string of the molecule is CC1CCC(C)(C2(C)CCCCC2)CC1. The molecule has 0 nitrogen and oxygen atoms in total. The van der Waals surface area contributed by atoms with Gasteiger partial charge in [0.1, 0.15) is 0 Å². The summed E-state index contributed by atoms with van der Waals surface area (Å²) in [7, 11) is 0. The third kappa shape index (κ3) is 2.10. The van der Waals surface area contributed by atoms with Gasteiger partial charge in [0, 0.05) is 0 Å². The summed E-state index contributed by atoms with van der Waals surface area (Å²) in [5, 5.41) is 0. The van der Waals surface area contributed by atoms with Crippen LogP contribution in [0.25, 0.3) is 0 Å². The van der Waals surface area contributed by atoms with E-state index >= 15 is 0 Å². The molecule has 2 aliphatic rings. The summed E-state index contributed by atoms with van der Waals surface area (Å²) in [6.45, 7) is 7.61. The summed E-state index contributed by atoms with van der Waals surface area (Å²) in [6.07, 6.45) is 13.4. The smallest absolute Gasteiger partial charge is 0.0272 e. The first kappa shape index (κ1) is 11.5. The van der Waals surface area contributed by atoms with E-state index in [1.54, 1.807) is 0 Å². The minimum Gasteiger partial charge on any atom is -0.0625 e. The van der Waals surface area contributed by atoms with Crippen molar-refractivity contribution in [2.24, 2.45) is 16.7 Å². The molecule has 0 aromatic rings. The molecule has 0 saturated heterocycles. The third-order valence-corrected chi connectivity index (χ3v) is 5.79. The molecule has 0 aromatic carbocycles. The molecule has 0 heteroatoms. The maximum atomic E-state index is 2.59. The van der Waals surface area contributed by atoms with E-state index in [4.69, 9.17) is 0 Å².